The van der Waals surface area contributed by atoms with E-state index in [0.29, 0.717) is 5.69 Å². The van der Waals surface area contributed by atoms with Gasteiger partial charge >= 0.3 is 0 Å². The van der Waals surface area contributed by atoms with Crippen molar-refractivity contribution in [2.24, 2.45) is 0 Å². The Morgan fingerprint density at radius 3 is 2.87 bits per heavy atom. The first-order valence-corrected chi connectivity index (χ1v) is 9.08. The fraction of sp³-hybridized carbons (Fsp3) is 0.143. The van der Waals surface area contributed by atoms with Crippen molar-refractivity contribution in [1.82, 2.24) is 19.7 Å². The molecule has 0 amide bonds. The summed E-state index contributed by atoms with van der Waals surface area (Å²) in [7, 11) is -3.73. The second-order valence-corrected chi connectivity index (χ2v) is 7.42. The molecule has 0 radical (unpaired) electrons. The third-order valence-corrected chi connectivity index (χ3v) is 5.26. The minimum atomic E-state index is -3.73. The van der Waals surface area contributed by atoms with Crippen molar-refractivity contribution in [2.75, 3.05) is 0 Å². The van der Waals surface area contributed by atoms with Gasteiger partial charge < -0.3 is 0 Å². The van der Waals surface area contributed by atoms with E-state index in [-0.39, 0.29) is 17.0 Å². The van der Waals surface area contributed by atoms with Crippen molar-refractivity contribution < 1.29 is 12.8 Å². The zero-order chi connectivity index (χ0) is 16.4. The topological polar surface area (TPSA) is 76.9 Å². The van der Waals surface area contributed by atoms with Crippen LogP contribution in [0.15, 0.2) is 46.1 Å². The van der Waals surface area contributed by atoms with Crippen molar-refractivity contribution in [3.05, 3.63) is 58.3 Å². The van der Waals surface area contributed by atoms with E-state index in [1.54, 1.807) is 10.9 Å². The third-order valence-electron chi connectivity index (χ3n) is 3.19. The fourth-order valence-corrected chi connectivity index (χ4v) is 3.64. The second-order valence-electron chi connectivity index (χ2n) is 4.87. The summed E-state index contributed by atoms with van der Waals surface area (Å²) < 4.78 is 41.7. The average Bonchev–Trinajstić information content (AvgIpc) is 3.18. The molecule has 0 saturated carbocycles. The first-order chi connectivity index (χ1) is 11.0. The van der Waals surface area contributed by atoms with Crippen LogP contribution >= 0.6 is 11.3 Å². The lowest BCUT2D eigenvalue weighted by Gasteiger charge is -2.06. The molecule has 0 spiro atoms. The minimum absolute atomic E-state index is 0.00287. The van der Waals surface area contributed by atoms with Gasteiger partial charge in [-0.2, -0.15) is 11.3 Å². The number of hydrogen-bond donors (Lipinski definition) is 1. The number of aromatic nitrogens is 3. The zero-order valence-electron chi connectivity index (χ0n) is 12.1. The summed E-state index contributed by atoms with van der Waals surface area (Å²) >= 11 is 1.53. The predicted molar refractivity (Wildman–Crippen MR) is 84.4 cm³/mol. The normalized spacial score (nSPS) is 11.7. The molecular weight excluding hydrogens is 339 g/mol. The number of benzene rings is 1. The number of hydrogen-bond acceptors (Lipinski definition) is 5. The molecule has 3 aromatic rings. The van der Waals surface area contributed by atoms with Crippen molar-refractivity contribution in [2.45, 2.75) is 18.4 Å². The number of rotatable bonds is 5. The quantitative estimate of drug-likeness (QED) is 0.764. The standard InChI is InChI=1S/C14H13FN4O2S2/c1-10-6-13(2-3-14(10)15)23(20,21)16-7-11-8-19(18-17-11)12-4-5-22-9-12/h2-6,8-9,16H,7H2,1H3. The highest BCUT2D eigenvalue weighted by atomic mass is 32.2. The predicted octanol–water partition coefficient (Wildman–Crippen LogP) is 2.25. The van der Waals surface area contributed by atoms with E-state index in [0.717, 1.165) is 11.8 Å². The molecule has 0 aliphatic heterocycles. The Bertz CT molecular complexity index is 920. The number of thiophene rings is 1. The molecule has 0 bridgehead atoms. The van der Waals surface area contributed by atoms with Crippen molar-refractivity contribution in [3.63, 3.8) is 0 Å². The van der Waals surface area contributed by atoms with Crippen LogP contribution in [0.5, 0.6) is 0 Å². The van der Waals surface area contributed by atoms with Gasteiger partial charge in [-0.15, -0.1) is 5.10 Å². The van der Waals surface area contributed by atoms with Gasteiger partial charge in [0.2, 0.25) is 10.0 Å². The molecule has 3 rings (SSSR count). The van der Waals surface area contributed by atoms with Gasteiger partial charge in [0.1, 0.15) is 5.82 Å². The van der Waals surface area contributed by atoms with Crippen LogP contribution < -0.4 is 4.72 Å². The van der Waals surface area contributed by atoms with Gasteiger partial charge in [0, 0.05) is 5.38 Å². The Labute approximate surface area is 136 Å². The molecule has 0 saturated heterocycles. The molecule has 1 N–H and O–H groups in total. The summed E-state index contributed by atoms with van der Waals surface area (Å²) in [5, 5.41) is 11.7. The van der Waals surface area contributed by atoms with Crippen molar-refractivity contribution in [3.8, 4) is 5.69 Å². The zero-order valence-corrected chi connectivity index (χ0v) is 13.7. The van der Waals surface area contributed by atoms with Crippen LogP contribution in [-0.2, 0) is 16.6 Å². The molecule has 0 fully saturated rings. The molecule has 1 aromatic carbocycles. The van der Waals surface area contributed by atoms with Gasteiger partial charge in [0.15, 0.2) is 0 Å². The first kappa shape index (κ1) is 15.8. The molecule has 0 unspecified atom stereocenters. The third kappa shape index (κ3) is 3.46. The molecule has 2 heterocycles. The lowest BCUT2D eigenvalue weighted by molar-refractivity contribution is 0.579. The van der Waals surface area contributed by atoms with Gasteiger partial charge in [0.25, 0.3) is 0 Å². The average molecular weight is 352 g/mol. The summed E-state index contributed by atoms with van der Waals surface area (Å²) in [6.07, 6.45) is 1.65. The summed E-state index contributed by atoms with van der Waals surface area (Å²) in [6.45, 7) is 1.52. The van der Waals surface area contributed by atoms with E-state index < -0.39 is 15.8 Å². The number of sulfonamides is 1. The molecule has 9 heteroatoms. The van der Waals surface area contributed by atoms with E-state index in [1.807, 2.05) is 16.8 Å². The summed E-state index contributed by atoms with van der Waals surface area (Å²) in [6, 6.07) is 5.54. The van der Waals surface area contributed by atoms with Crippen LogP contribution in [-0.4, -0.2) is 23.4 Å². The molecule has 23 heavy (non-hydrogen) atoms. The molecule has 0 aliphatic rings. The largest absolute Gasteiger partial charge is 0.240 e. The van der Waals surface area contributed by atoms with Gasteiger partial charge in [-0.1, -0.05) is 5.21 Å². The highest BCUT2D eigenvalue weighted by Gasteiger charge is 2.16. The molecule has 6 nitrogen and oxygen atoms in total. The number of nitrogens with zero attached hydrogens (tertiary/aromatic N) is 3. The molecule has 120 valence electrons. The second kappa shape index (κ2) is 6.19. The van der Waals surface area contributed by atoms with E-state index in [4.69, 9.17) is 0 Å². The summed E-state index contributed by atoms with van der Waals surface area (Å²) in [5.74, 6) is -0.442. The van der Waals surface area contributed by atoms with E-state index in [2.05, 4.69) is 15.0 Å². The van der Waals surface area contributed by atoms with Crippen LogP contribution in [0.2, 0.25) is 0 Å². The lowest BCUT2D eigenvalue weighted by atomic mass is 10.2. The van der Waals surface area contributed by atoms with Crippen LogP contribution in [0, 0.1) is 12.7 Å². The Kier molecular flexibility index (Phi) is 4.24. The van der Waals surface area contributed by atoms with Crippen LogP contribution in [0.1, 0.15) is 11.3 Å². The smallest absolute Gasteiger partial charge is 0.220 e. The maximum absolute atomic E-state index is 13.2. The highest BCUT2D eigenvalue weighted by Crippen LogP contribution is 2.15. The summed E-state index contributed by atoms with van der Waals surface area (Å²) in [5.41, 5.74) is 1.63. The van der Waals surface area contributed by atoms with Gasteiger partial charge in [-0.25, -0.2) is 22.2 Å². The maximum Gasteiger partial charge on any atom is 0.240 e. The monoisotopic (exact) mass is 352 g/mol. The Morgan fingerprint density at radius 2 is 2.17 bits per heavy atom. The Morgan fingerprint density at radius 1 is 1.35 bits per heavy atom. The number of aryl methyl sites for hydroxylation is 1. The summed E-state index contributed by atoms with van der Waals surface area (Å²) in [4.78, 5) is 0.0154. The van der Waals surface area contributed by atoms with Crippen molar-refractivity contribution in [1.29, 1.82) is 0 Å². The van der Waals surface area contributed by atoms with Gasteiger partial charge in [-0.05, 0) is 42.1 Å². The molecule has 2 aromatic heterocycles. The van der Waals surface area contributed by atoms with E-state index in [9.17, 15) is 12.8 Å². The first-order valence-electron chi connectivity index (χ1n) is 6.65. The highest BCUT2D eigenvalue weighted by molar-refractivity contribution is 7.89. The van der Waals surface area contributed by atoms with E-state index in [1.165, 1.54) is 30.4 Å². The lowest BCUT2D eigenvalue weighted by Crippen LogP contribution is -2.23. The Hall–Kier alpha value is -2.10. The number of halogens is 1. The maximum atomic E-state index is 13.2. The number of nitrogens with one attached hydrogen (secondary N) is 1. The van der Waals surface area contributed by atoms with Gasteiger partial charge in [0.05, 0.1) is 29.0 Å². The Balaban J connectivity index is 1.73. The van der Waals surface area contributed by atoms with Gasteiger partial charge in [-0.3, -0.25) is 0 Å². The van der Waals surface area contributed by atoms with Crippen molar-refractivity contribution >= 4 is 21.4 Å². The van der Waals surface area contributed by atoms with E-state index >= 15 is 0 Å². The van der Waals surface area contributed by atoms with Crippen LogP contribution in [0.4, 0.5) is 4.39 Å². The fourth-order valence-electron chi connectivity index (χ4n) is 1.93. The minimum Gasteiger partial charge on any atom is -0.220 e. The van der Waals surface area contributed by atoms with Crippen LogP contribution in [0.25, 0.3) is 5.69 Å². The molecule has 0 atom stereocenters. The SMILES string of the molecule is Cc1cc(S(=O)(=O)NCc2cn(-c3ccsc3)nn2)ccc1F. The molecular formula is C14H13FN4O2S2. The molecule has 0 aliphatic carbocycles. The van der Waals surface area contributed by atoms with Crippen LogP contribution in [0.3, 0.4) is 0 Å².